The average Bonchev–Trinajstić information content (AvgIpc) is 3.50. The molecule has 40 heavy (non-hydrogen) atoms. The summed E-state index contributed by atoms with van der Waals surface area (Å²) in [6, 6.07) is 5.00. The first-order valence-electron chi connectivity index (χ1n) is 13.1. The van der Waals surface area contributed by atoms with Gasteiger partial charge in [0.05, 0.1) is 24.8 Å². The van der Waals surface area contributed by atoms with E-state index in [0.29, 0.717) is 64.9 Å². The summed E-state index contributed by atoms with van der Waals surface area (Å²) >= 11 is 0. The predicted molar refractivity (Wildman–Crippen MR) is 137 cm³/mol. The number of aromatic amines is 1. The highest BCUT2D eigenvalue weighted by Crippen LogP contribution is 2.49. The number of amides is 2. The van der Waals surface area contributed by atoms with Crippen LogP contribution in [-0.2, 0) is 19.7 Å². The van der Waals surface area contributed by atoms with Crippen molar-refractivity contribution in [2.45, 2.75) is 37.5 Å². The van der Waals surface area contributed by atoms with Crippen molar-refractivity contribution in [1.29, 1.82) is 0 Å². The molecule has 2 amide bonds. The molecule has 210 valence electrons. The largest absolute Gasteiger partial charge is 0.416 e. The van der Waals surface area contributed by atoms with Crippen LogP contribution in [0.3, 0.4) is 0 Å². The Labute approximate surface area is 226 Å². The molecule has 2 N–H and O–H groups in total. The zero-order chi connectivity index (χ0) is 28.2. The molecule has 2 saturated heterocycles. The second kappa shape index (κ2) is 9.66. The summed E-state index contributed by atoms with van der Waals surface area (Å²) in [6.07, 6.45) is -2.66. The standard InChI is InChI=1S/C27H27F3N6O4/c1-15-18(23(38)16-10-17-12-33-34-24(17)32-11-16)2-3-19-22(15)26(4-6-31-7-5-26)25(39)36(19)14-21(37)35-8-9-40-20(13-35)27(28,29)30/h2-3,10-12,20,31H,4-9,13-14H2,1H3,(H,32,33,34)/t20-/m1/s1. The molecule has 3 aromatic rings. The molecule has 0 unspecified atom stereocenters. The fourth-order valence-corrected chi connectivity index (χ4v) is 6.15. The topological polar surface area (TPSA) is 121 Å². The number of carbonyl (C=O) groups excluding carboxylic acids is 3. The second-order valence-corrected chi connectivity index (χ2v) is 10.5. The highest BCUT2D eigenvalue weighted by atomic mass is 19.4. The predicted octanol–water partition coefficient (Wildman–Crippen LogP) is 2.25. The molecule has 1 spiro atoms. The van der Waals surface area contributed by atoms with E-state index in [4.69, 9.17) is 4.74 Å². The van der Waals surface area contributed by atoms with Crippen LogP contribution in [0.5, 0.6) is 0 Å². The lowest BCUT2D eigenvalue weighted by Crippen LogP contribution is -2.54. The van der Waals surface area contributed by atoms with Gasteiger partial charge in [-0.25, -0.2) is 4.98 Å². The van der Waals surface area contributed by atoms with Crippen molar-refractivity contribution >= 4 is 34.3 Å². The van der Waals surface area contributed by atoms with Gasteiger partial charge < -0.3 is 19.9 Å². The molecular weight excluding hydrogens is 529 g/mol. The van der Waals surface area contributed by atoms with E-state index in [2.05, 4.69) is 20.5 Å². The minimum atomic E-state index is -4.59. The number of halogens is 3. The van der Waals surface area contributed by atoms with E-state index in [0.717, 1.165) is 4.90 Å². The van der Waals surface area contributed by atoms with Crippen molar-refractivity contribution in [3.8, 4) is 0 Å². The van der Waals surface area contributed by atoms with Crippen LogP contribution in [0.15, 0.2) is 30.6 Å². The number of rotatable bonds is 4. The lowest BCUT2D eigenvalue weighted by atomic mass is 9.71. The van der Waals surface area contributed by atoms with Gasteiger partial charge in [-0.3, -0.25) is 19.5 Å². The Kier molecular flexibility index (Phi) is 6.37. The molecule has 1 atom stereocenters. The average molecular weight is 557 g/mol. The van der Waals surface area contributed by atoms with E-state index in [1.54, 1.807) is 31.3 Å². The number of anilines is 1. The smallest absolute Gasteiger partial charge is 0.365 e. The maximum absolute atomic E-state index is 14.0. The van der Waals surface area contributed by atoms with Crippen LogP contribution >= 0.6 is 0 Å². The number of fused-ring (bicyclic) bond motifs is 3. The van der Waals surface area contributed by atoms with Gasteiger partial charge in [0, 0.05) is 34.9 Å². The van der Waals surface area contributed by atoms with Gasteiger partial charge in [0.15, 0.2) is 17.5 Å². The Hall–Kier alpha value is -3.84. The van der Waals surface area contributed by atoms with Crippen molar-refractivity contribution in [1.82, 2.24) is 25.4 Å². The Morgan fingerprint density at radius 1 is 1.20 bits per heavy atom. The lowest BCUT2D eigenvalue weighted by Gasteiger charge is -2.35. The monoisotopic (exact) mass is 556 g/mol. The number of alkyl halides is 3. The summed E-state index contributed by atoms with van der Waals surface area (Å²) in [5.74, 6) is -1.11. The molecule has 5 heterocycles. The zero-order valence-corrected chi connectivity index (χ0v) is 21.7. The number of H-pyrrole nitrogens is 1. The molecule has 10 nitrogen and oxygen atoms in total. The number of aromatic nitrogens is 3. The van der Waals surface area contributed by atoms with E-state index in [9.17, 15) is 27.6 Å². The zero-order valence-electron chi connectivity index (χ0n) is 21.7. The summed E-state index contributed by atoms with van der Waals surface area (Å²) in [5, 5.41) is 10.6. The van der Waals surface area contributed by atoms with E-state index in [1.807, 2.05) is 0 Å². The Balaban J connectivity index is 1.35. The fraction of sp³-hybridized carbons (Fsp3) is 0.444. The van der Waals surface area contributed by atoms with Gasteiger partial charge >= 0.3 is 6.18 Å². The van der Waals surface area contributed by atoms with Gasteiger partial charge in [-0.15, -0.1) is 0 Å². The van der Waals surface area contributed by atoms with Crippen molar-refractivity contribution in [3.05, 3.63) is 52.8 Å². The summed E-state index contributed by atoms with van der Waals surface area (Å²) in [7, 11) is 0. The van der Waals surface area contributed by atoms with Gasteiger partial charge in [-0.2, -0.15) is 18.3 Å². The first kappa shape index (κ1) is 26.4. The number of pyridine rings is 1. The normalized spacial score (nSPS) is 20.8. The SMILES string of the molecule is Cc1c(C(=O)c2cnc3[nH]ncc3c2)ccc2c1C1(CCNCC1)C(=O)N2CC(=O)N1CCO[C@@H](C(F)(F)F)C1. The minimum Gasteiger partial charge on any atom is -0.365 e. The lowest BCUT2D eigenvalue weighted by molar-refractivity contribution is -0.236. The molecule has 0 bridgehead atoms. The van der Waals surface area contributed by atoms with Crippen LogP contribution in [-0.4, -0.2) is 89.3 Å². The number of carbonyl (C=O) groups is 3. The molecule has 2 fully saturated rings. The van der Waals surface area contributed by atoms with Crippen molar-refractivity contribution in [3.63, 3.8) is 0 Å². The fourth-order valence-electron chi connectivity index (χ4n) is 6.15. The Bertz CT molecular complexity index is 1510. The third kappa shape index (κ3) is 4.24. The number of ketones is 1. The number of nitrogens with one attached hydrogen (secondary N) is 2. The molecule has 0 saturated carbocycles. The van der Waals surface area contributed by atoms with Crippen LogP contribution in [0.25, 0.3) is 11.0 Å². The van der Waals surface area contributed by atoms with Crippen molar-refractivity contribution in [2.24, 2.45) is 0 Å². The molecule has 1 aromatic carbocycles. The Morgan fingerprint density at radius 2 is 1.98 bits per heavy atom. The first-order chi connectivity index (χ1) is 19.1. The number of ether oxygens (including phenoxy) is 1. The van der Waals surface area contributed by atoms with Gasteiger partial charge in [0.25, 0.3) is 0 Å². The number of hydrogen-bond acceptors (Lipinski definition) is 7. The first-order valence-corrected chi connectivity index (χ1v) is 13.1. The summed E-state index contributed by atoms with van der Waals surface area (Å²) in [5.41, 5.74) is 2.27. The molecular formula is C27H27F3N6O4. The molecule has 2 aromatic heterocycles. The van der Waals surface area contributed by atoms with E-state index >= 15 is 0 Å². The quantitative estimate of drug-likeness (QED) is 0.473. The molecule has 0 aliphatic carbocycles. The van der Waals surface area contributed by atoms with E-state index < -0.39 is 30.1 Å². The van der Waals surface area contributed by atoms with Crippen LogP contribution in [0.1, 0.15) is 39.9 Å². The van der Waals surface area contributed by atoms with Crippen molar-refractivity contribution < 1.29 is 32.3 Å². The van der Waals surface area contributed by atoms with Crippen LogP contribution in [0, 0.1) is 6.92 Å². The molecule has 3 aliphatic heterocycles. The van der Waals surface area contributed by atoms with Crippen LogP contribution in [0.2, 0.25) is 0 Å². The summed E-state index contributed by atoms with van der Waals surface area (Å²) in [6.45, 7) is 1.71. The second-order valence-electron chi connectivity index (χ2n) is 10.5. The third-order valence-corrected chi connectivity index (χ3v) is 8.20. The van der Waals surface area contributed by atoms with Gasteiger partial charge in [-0.05, 0) is 62.2 Å². The number of benzene rings is 1. The van der Waals surface area contributed by atoms with E-state index in [-0.39, 0.29) is 31.4 Å². The molecule has 13 heteroatoms. The maximum atomic E-state index is 14.0. The van der Waals surface area contributed by atoms with Crippen molar-refractivity contribution in [2.75, 3.05) is 44.2 Å². The van der Waals surface area contributed by atoms with Gasteiger partial charge in [0.1, 0.15) is 6.54 Å². The van der Waals surface area contributed by atoms with Crippen LogP contribution in [0.4, 0.5) is 18.9 Å². The number of hydrogen-bond donors (Lipinski definition) is 2. The number of morpholine rings is 1. The molecule has 3 aliphatic rings. The van der Waals surface area contributed by atoms with Gasteiger partial charge in [-0.1, -0.05) is 0 Å². The third-order valence-electron chi connectivity index (χ3n) is 8.20. The number of piperidine rings is 1. The minimum absolute atomic E-state index is 0.0108. The van der Waals surface area contributed by atoms with Crippen LogP contribution < -0.4 is 10.2 Å². The maximum Gasteiger partial charge on any atom is 0.416 e. The Morgan fingerprint density at radius 3 is 2.73 bits per heavy atom. The molecule has 0 radical (unpaired) electrons. The molecule has 6 rings (SSSR count). The highest BCUT2D eigenvalue weighted by molar-refractivity contribution is 6.15. The summed E-state index contributed by atoms with van der Waals surface area (Å²) in [4.78, 5) is 47.6. The summed E-state index contributed by atoms with van der Waals surface area (Å²) < 4.78 is 44.5. The van der Waals surface area contributed by atoms with Gasteiger partial charge in [0.2, 0.25) is 11.8 Å². The highest BCUT2D eigenvalue weighted by Gasteiger charge is 2.53. The number of nitrogens with zero attached hydrogens (tertiary/aromatic N) is 4. The van der Waals surface area contributed by atoms with E-state index in [1.165, 1.54) is 11.1 Å².